The van der Waals surface area contributed by atoms with Crippen LogP contribution in [0.1, 0.15) is 5.69 Å². The number of H-pyrrole nitrogens is 1. The molecule has 0 fully saturated rings. The first kappa shape index (κ1) is 17.9. The molecule has 5 rings (SSSR count). The third-order valence-electron chi connectivity index (χ3n) is 5.04. The molecule has 30 heavy (non-hydrogen) atoms. The summed E-state index contributed by atoms with van der Waals surface area (Å²) in [5.74, 6) is -0.245. The number of pyridine rings is 2. The number of hydrogen-bond acceptors (Lipinski definition) is 4. The summed E-state index contributed by atoms with van der Waals surface area (Å²) in [5, 5.41) is 4.75. The summed E-state index contributed by atoms with van der Waals surface area (Å²) in [7, 11) is 0. The third-order valence-corrected chi connectivity index (χ3v) is 5.04. The number of anilines is 1. The molecule has 0 aliphatic rings. The van der Waals surface area contributed by atoms with Gasteiger partial charge in [-0.1, -0.05) is 18.7 Å². The predicted octanol–water partition coefficient (Wildman–Crippen LogP) is 5.47. The van der Waals surface area contributed by atoms with Gasteiger partial charge in [0.25, 0.3) is 0 Å². The largest absolute Gasteiger partial charge is 0.446 e. The first-order valence-corrected chi connectivity index (χ1v) is 9.48. The molecular formula is C24H18N4O2. The highest BCUT2D eigenvalue weighted by Gasteiger charge is 2.14. The quantitative estimate of drug-likeness (QED) is 0.396. The Balaban J connectivity index is 1.64. The van der Waals surface area contributed by atoms with Gasteiger partial charge in [0.1, 0.15) is 5.65 Å². The molecule has 0 bridgehead atoms. The van der Waals surface area contributed by atoms with Gasteiger partial charge in [0.2, 0.25) is 11.6 Å². The number of aromatic nitrogens is 3. The summed E-state index contributed by atoms with van der Waals surface area (Å²) >= 11 is 0. The minimum absolute atomic E-state index is 0.245. The lowest BCUT2D eigenvalue weighted by Gasteiger charge is -2.07. The number of amides is 1. The van der Waals surface area contributed by atoms with E-state index in [1.807, 2.05) is 49.6 Å². The first-order chi connectivity index (χ1) is 14.6. The summed E-state index contributed by atoms with van der Waals surface area (Å²) in [6.45, 7) is 5.44. The molecule has 0 spiro atoms. The molecule has 5 aromatic rings. The van der Waals surface area contributed by atoms with Crippen molar-refractivity contribution < 1.29 is 9.21 Å². The number of rotatable bonds is 4. The maximum Gasteiger partial charge on any atom is 0.247 e. The fourth-order valence-corrected chi connectivity index (χ4v) is 3.65. The number of carbonyl (C=O) groups excluding carboxylic acids is 1. The van der Waals surface area contributed by atoms with Crippen molar-refractivity contribution in [3.8, 4) is 22.3 Å². The molecule has 0 atom stereocenters. The zero-order valence-corrected chi connectivity index (χ0v) is 16.3. The van der Waals surface area contributed by atoms with E-state index in [1.165, 1.54) is 6.08 Å². The smallest absolute Gasteiger partial charge is 0.247 e. The lowest BCUT2D eigenvalue weighted by molar-refractivity contribution is -0.111. The topological polar surface area (TPSA) is 83.8 Å². The molecule has 4 heterocycles. The normalized spacial score (nSPS) is 11.1. The lowest BCUT2D eigenvalue weighted by atomic mass is 10.0. The van der Waals surface area contributed by atoms with Gasteiger partial charge in [0.05, 0.1) is 6.26 Å². The zero-order valence-electron chi connectivity index (χ0n) is 16.3. The Morgan fingerprint density at radius 1 is 1.13 bits per heavy atom. The van der Waals surface area contributed by atoms with E-state index >= 15 is 0 Å². The van der Waals surface area contributed by atoms with E-state index in [0.717, 1.165) is 44.4 Å². The number of hydrogen-bond donors (Lipinski definition) is 2. The van der Waals surface area contributed by atoms with Gasteiger partial charge in [0, 0.05) is 45.7 Å². The fourth-order valence-electron chi connectivity index (χ4n) is 3.65. The molecule has 2 N–H and O–H groups in total. The number of aromatic amines is 1. The van der Waals surface area contributed by atoms with Crippen molar-refractivity contribution >= 4 is 33.7 Å². The fraction of sp³-hybridized carbons (Fsp3) is 0.0417. The molecule has 1 aromatic carbocycles. The minimum Gasteiger partial charge on any atom is -0.446 e. The molecule has 0 saturated carbocycles. The molecule has 6 heteroatoms. The maximum atomic E-state index is 11.6. The number of benzene rings is 1. The van der Waals surface area contributed by atoms with Crippen LogP contribution in [0.2, 0.25) is 0 Å². The van der Waals surface area contributed by atoms with Gasteiger partial charge >= 0.3 is 0 Å². The van der Waals surface area contributed by atoms with Gasteiger partial charge in [-0.25, -0.2) is 9.97 Å². The molecule has 1 amide bonds. The van der Waals surface area contributed by atoms with Gasteiger partial charge in [-0.2, -0.15) is 0 Å². The highest BCUT2D eigenvalue weighted by Crippen LogP contribution is 2.35. The Hall–Kier alpha value is -4.19. The van der Waals surface area contributed by atoms with E-state index in [4.69, 9.17) is 4.42 Å². The molecule has 6 nitrogen and oxygen atoms in total. The number of fused-ring (bicyclic) bond motifs is 2. The second kappa shape index (κ2) is 7.00. The SMILES string of the molecule is C=CC(=O)Nc1cccc(-c2cnc3[nH]cc(-c4cc(C)nc5occc45)c3c2)c1. The van der Waals surface area contributed by atoms with Crippen LogP contribution in [0.4, 0.5) is 5.69 Å². The summed E-state index contributed by atoms with van der Waals surface area (Å²) in [6, 6.07) is 13.7. The van der Waals surface area contributed by atoms with Gasteiger partial charge in [0.15, 0.2) is 0 Å². The van der Waals surface area contributed by atoms with Crippen LogP contribution in [0.15, 0.2) is 78.2 Å². The van der Waals surface area contributed by atoms with Crippen LogP contribution >= 0.6 is 0 Å². The van der Waals surface area contributed by atoms with Gasteiger partial charge in [-0.3, -0.25) is 4.79 Å². The summed E-state index contributed by atoms with van der Waals surface area (Å²) in [6.07, 6.45) is 6.69. The molecule has 0 aliphatic heterocycles. The van der Waals surface area contributed by atoms with Crippen LogP contribution < -0.4 is 5.32 Å². The number of nitrogens with zero attached hydrogens (tertiary/aromatic N) is 2. The van der Waals surface area contributed by atoms with Gasteiger partial charge < -0.3 is 14.7 Å². The first-order valence-electron chi connectivity index (χ1n) is 9.48. The summed E-state index contributed by atoms with van der Waals surface area (Å²) in [5.41, 5.74) is 7.00. The van der Waals surface area contributed by atoms with Crippen molar-refractivity contribution in [2.75, 3.05) is 5.32 Å². The number of aryl methyl sites for hydroxylation is 1. The lowest BCUT2D eigenvalue weighted by Crippen LogP contribution is -2.06. The van der Waals surface area contributed by atoms with Gasteiger partial charge in [-0.05, 0) is 54.5 Å². The zero-order chi connectivity index (χ0) is 20.7. The van der Waals surface area contributed by atoms with Crippen molar-refractivity contribution in [3.05, 3.63) is 79.5 Å². The molecule has 146 valence electrons. The van der Waals surface area contributed by atoms with E-state index in [1.54, 1.807) is 6.26 Å². The van der Waals surface area contributed by atoms with Crippen LogP contribution in [-0.2, 0) is 4.79 Å². The summed E-state index contributed by atoms with van der Waals surface area (Å²) < 4.78 is 5.52. The molecule has 0 aliphatic carbocycles. The standard InChI is InChI=1S/C24H18N4O2/c1-3-22(29)28-17-6-4-5-15(10-17)16-11-20-21(13-26-23(20)25-12-16)19-9-14(2)27-24-18(19)7-8-30-24/h3-13H,1H2,2H3,(H,25,26)(H,28,29). The maximum absolute atomic E-state index is 11.6. The van der Waals surface area contributed by atoms with Gasteiger partial charge in [-0.15, -0.1) is 0 Å². The summed E-state index contributed by atoms with van der Waals surface area (Å²) in [4.78, 5) is 23.9. The van der Waals surface area contributed by atoms with Crippen LogP contribution in [-0.4, -0.2) is 20.9 Å². The van der Waals surface area contributed by atoms with Crippen LogP contribution in [0.5, 0.6) is 0 Å². The van der Waals surface area contributed by atoms with Crippen molar-refractivity contribution in [2.24, 2.45) is 0 Å². The Morgan fingerprint density at radius 3 is 2.90 bits per heavy atom. The molecule has 0 saturated heterocycles. The average molecular weight is 394 g/mol. The minimum atomic E-state index is -0.245. The van der Waals surface area contributed by atoms with E-state index in [0.29, 0.717) is 11.4 Å². The van der Waals surface area contributed by atoms with Crippen molar-refractivity contribution in [1.82, 2.24) is 15.0 Å². The predicted molar refractivity (Wildman–Crippen MR) is 118 cm³/mol. The number of furan rings is 1. The Kier molecular flexibility index (Phi) is 4.17. The molecule has 0 radical (unpaired) electrons. The van der Waals surface area contributed by atoms with Crippen molar-refractivity contribution in [1.29, 1.82) is 0 Å². The second-order valence-corrected chi connectivity index (χ2v) is 7.05. The highest BCUT2D eigenvalue weighted by atomic mass is 16.3. The monoisotopic (exact) mass is 394 g/mol. The Labute approximate surface area is 172 Å². The third kappa shape index (κ3) is 3.04. The molecule has 0 unspecified atom stereocenters. The number of carbonyl (C=O) groups is 1. The van der Waals surface area contributed by atoms with Crippen molar-refractivity contribution in [2.45, 2.75) is 6.92 Å². The number of nitrogens with one attached hydrogen (secondary N) is 2. The average Bonchev–Trinajstić information content (AvgIpc) is 3.39. The van der Waals surface area contributed by atoms with E-state index in [9.17, 15) is 4.79 Å². The van der Waals surface area contributed by atoms with Crippen LogP contribution in [0.3, 0.4) is 0 Å². The Morgan fingerprint density at radius 2 is 2.03 bits per heavy atom. The van der Waals surface area contributed by atoms with E-state index in [-0.39, 0.29) is 5.91 Å². The van der Waals surface area contributed by atoms with E-state index in [2.05, 4.69) is 39.0 Å². The molecular weight excluding hydrogens is 376 g/mol. The van der Waals surface area contributed by atoms with Crippen molar-refractivity contribution in [3.63, 3.8) is 0 Å². The second-order valence-electron chi connectivity index (χ2n) is 7.05. The highest BCUT2D eigenvalue weighted by molar-refractivity contribution is 6.03. The van der Waals surface area contributed by atoms with Crippen LogP contribution in [0.25, 0.3) is 44.4 Å². The Bertz CT molecular complexity index is 1430. The molecule has 4 aromatic heterocycles. The van der Waals surface area contributed by atoms with E-state index < -0.39 is 0 Å². The van der Waals surface area contributed by atoms with Crippen LogP contribution in [0, 0.1) is 6.92 Å².